The summed E-state index contributed by atoms with van der Waals surface area (Å²) >= 11 is 0. The zero-order chi connectivity index (χ0) is 18.7. The van der Waals surface area contributed by atoms with Gasteiger partial charge in [0.25, 0.3) is 0 Å². The number of benzene rings is 1. The zero-order valence-corrected chi connectivity index (χ0v) is 16.4. The van der Waals surface area contributed by atoms with Crippen molar-refractivity contribution in [3.8, 4) is 0 Å². The van der Waals surface area contributed by atoms with Crippen LogP contribution >= 0.6 is 0 Å². The lowest BCUT2D eigenvalue weighted by Gasteiger charge is -2.28. The molecule has 3 rings (SSSR count). The van der Waals surface area contributed by atoms with Crippen LogP contribution in [0.1, 0.15) is 30.9 Å². The van der Waals surface area contributed by atoms with Crippen molar-refractivity contribution in [3.63, 3.8) is 0 Å². The summed E-state index contributed by atoms with van der Waals surface area (Å²) in [7, 11) is 0. The number of nitrogens with zero attached hydrogens (tertiary/aromatic N) is 4. The third-order valence-corrected chi connectivity index (χ3v) is 4.87. The summed E-state index contributed by atoms with van der Waals surface area (Å²) in [6.07, 6.45) is 7.09. The lowest BCUT2D eigenvalue weighted by atomic mass is 10.00. The van der Waals surface area contributed by atoms with Crippen LogP contribution in [0.3, 0.4) is 0 Å². The molecular formula is C21H32N6. The number of hydrogen-bond donors (Lipinski definition) is 2. The van der Waals surface area contributed by atoms with E-state index in [0.717, 1.165) is 58.1 Å². The van der Waals surface area contributed by atoms with Crippen LogP contribution in [0, 0.1) is 0 Å². The number of hydrogen-bond acceptors (Lipinski definition) is 3. The topological polar surface area (TPSA) is 57.5 Å². The molecule has 2 N–H and O–H groups in total. The van der Waals surface area contributed by atoms with Gasteiger partial charge in [0, 0.05) is 58.2 Å². The Kier molecular flexibility index (Phi) is 7.71. The highest BCUT2D eigenvalue weighted by molar-refractivity contribution is 5.79. The lowest BCUT2D eigenvalue weighted by molar-refractivity contribution is 0.251. The van der Waals surface area contributed by atoms with E-state index in [1.807, 2.05) is 23.1 Å². The van der Waals surface area contributed by atoms with Crippen molar-refractivity contribution in [3.05, 3.63) is 53.9 Å². The van der Waals surface area contributed by atoms with Crippen LogP contribution in [0.5, 0.6) is 0 Å². The molecule has 6 heteroatoms. The second kappa shape index (κ2) is 10.7. The Labute approximate surface area is 162 Å². The standard InChI is InChI=1S/C21H32N6/c1-2-22-21(24-12-6-15-27-16-7-13-25-27)23-11-5-14-26-17-10-19-8-3-4-9-20(19)18-26/h3-4,7-9,13,16H,2,5-6,10-12,14-15,17-18H2,1H3,(H2,22,23,24). The van der Waals surface area contributed by atoms with Crippen LogP contribution < -0.4 is 10.6 Å². The normalized spacial score (nSPS) is 14.8. The Morgan fingerprint density at radius 3 is 2.81 bits per heavy atom. The first kappa shape index (κ1) is 19.4. The number of guanidine groups is 1. The van der Waals surface area contributed by atoms with Crippen LogP contribution in [0.15, 0.2) is 47.7 Å². The van der Waals surface area contributed by atoms with E-state index in [1.54, 1.807) is 0 Å². The van der Waals surface area contributed by atoms with Crippen molar-refractivity contribution in [2.45, 2.75) is 39.3 Å². The quantitative estimate of drug-likeness (QED) is 0.405. The average molecular weight is 369 g/mol. The van der Waals surface area contributed by atoms with Crippen molar-refractivity contribution < 1.29 is 0 Å². The SMILES string of the molecule is CCNC(=NCCCn1cccn1)NCCCN1CCc2ccccc2C1. The van der Waals surface area contributed by atoms with E-state index in [9.17, 15) is 0 Å². The predicted octanol–water partition coefficient (Wildman–Crippen LogP) is 2.28. The predicted molar refractivity (Wildman–Crippen MR) is 111 cm³/mol. The van der Waals surface area contributed by atoms with Gasteiger partial charge in [0.1, 0.15) is 0 Å². The van der Waals surface area contributed by atoms with Gasteiger partial charge in [-0.2, -0.15) is 5.10 Å². The van der Waals surface area contributed by atoms with Gasteiger partial charge >= 0.3 is 0 Å². The Balaban J connectivity index is 1.34. The molecule has 0 fully saturated rings. The van der Waals surface area contributed by atoms with Gasteiger partial charge in [-0.25, -0.2) is 0 Å². The van der Waals surface area contributed by atoms with E-state index >= 15 is 0 Å². The van der Waals surface area contributed by atoms with Crippen LogP contribution in [0.25, 0.3) is 0 Å². The Morgan fingerprint density at radius 1 is 1.11 bits per heavy atom. The van der Waals surface area contributed by atoms with E-state index in [4.69, 9.17) is 0 Å². The van der Waals surface area contributed by atoms with Crippen molar-refractivity contribution in [1.82, 2.24) is 25.3 Å². The molecule has 1 aromatic heterocycles. The number of aromatic nitrogens is 2. The van der Waals surface area contributed by atoms with Crippen molar-refractivity contribution in [2.75, 3.05) is 32.7 Å². The molecule has 1 aliphatic heterocycles. The highest BCUT2D eigenvalue weighted by atomic mass is 15.3. The fourth-order valence-electron chi connectivity index (χ4n) is 3.45. The third kappa shape index (κ3) is 6.40. The lowest BCUT2D eigenvalue weighted by Crippen LogP contribution is -2.39. The van der Waals surface area contributed by atoms with E-state index in [-0.39, 0.29) is 0 Å². The second-order valence-corrected chi connectivity index (χ2v) is 6.96. The molecule has 27 heavy (non-hydrogen) atoms. The van der Waals surface area contributed by atoms with Crippen molar-refractivity contribution in [2.24, 2.45) is 4.99 Å². The van der Waals surface area contributed by atoms with Gasteiger partial charge in [0.05, 0.1) is 0 Å². The van der Waals surface area contributed by atoms with Gasteiger partial charge in [-0.1, -0.05) is 24.3 Å². The monoisotopic (exact) mass is 368 g/mol. The minimum Gasteiger partial charge on any atom is -0.357 e. The molecule has 1 aliphatic rings. The Hall–Kier alpha value is -2.34. The van der Waals surface area contributed by atoms with Crippen molar-refractivity contribution >= 4 is 5.96 Å². The highest BCUT2D eigenvalue weighted by Crippen LogP contribution is 2.18. The molecule has 0 unspecified atom stereocenters. The average Bonchev–Trinajstić information content (AvgIpc) is 3.22. The summed E-state index contributed by atoms with van der Waals surface area (Å²) < 4.78 is 1.95. The molecule has 0 aliphatic carbocycles. The van der Waals surface area contributed by atoms with Gasteiger partial charge < -0.3 is 10.6 Å². The van der Waals surface area contributed by atoms with Crippen LogP contribution in [-0.2, 0) is 19.5 Å². The van der Waals surface area contributed by atoms with Gasteiger partial charge in [-0.3, -0.25) is 14.6 Å². The maximum Gasteiger partial charge on any atom is 0.191 e. The fraction of sp³-hybridized carbons (Fsp3) is 0.524. The molecule has 2 heterocycles. The number of fused-ring (bicyclic) bond motifs is 1. The number of aryl methyl sites for hydroxylation is 1. The van der Waals surface area contributed by atoms with Gasteiger partial charge in [-0.15, -0.1) is 0 Å². The van der Waals surface area contributed by atoms with E-state index in [2.05, 4.69) is 56.8 Å². The molecule has 0 atom stereocenters. The summed E-state index contributed by atoms with van der Waals surface area (Å²) in [5.74, 6) is 0.918. The summed E-state index contributed by atoms with van der Waals surface area (Å²) in [4.78, 5) is 7.22. The largest absolute Gasteiger partial charge is 0.357 e. The van der Waals surface area contributed by atoms with Gasteiger partial charge in [-0.05, 0) is 43.4 Å². The number of rotatable bonds is 9. The molecule has 0 bridgehead atoms. The third-order valence-electron chi connectivity index (χ3n) is 4.87. The highest BCUT2D eigenvalue weighted by Gasteiger charge is 2.14. The molecule has 1 aromatic carbocycles. The van der Waals surface area contributed by atoms with Gasteiger partial charge in [0.2, 0.25) is 0 Å². The first-order valence-corrected chi connectivity index (χ1v) is 10.1. The first-order valence-electron chi connectivity index (χ1n) is 10.1. The summed E-state index contributed by atoms with van der Waals surface area (Å²) in [6, 6.07) is 10.8. The van der Waals surface area contributed by atoms with E-state index in [0.29, 0.717) is 0 Å². The maximum atomic E-state index is 4.67. The summed E-state index contributed by atoms with van der Waals surface area (Å²) in [5, 5.41) is 11.0. The number of nitrogens with one attached hydrogen (secondary N) is 2. The minimum absolute atomic E-state index is 0.804. The molecule has 0 saturated heterocycles. The molecular weight excluding hydrogens is 336 g/mol. The number of aliphatic imine (C=N–C) groups is 1. The molecule has 0 amide bonds. The summed E-state index contributed by atoms with van der Waals surface area (Å²) in [5.41, 5.74) is 3.01. The molecule has 146 valence electrons. The van der Waals surface area contributed by atoms with Gasteiger partial charge in [0.15, 0.2) is 5.96 Å². The van der Waals surface area contributed by atoms with Crippen molar-refractivity contribution in [1.29, 1.82) is 0 Å². The van der Waals surface area contributed by atoms with Crippen LogP contribution in [-0.4, -0.2) is 53.4 Å². The maximum absolute atomic E-state index is 4.67. The Bertz CT molecular complexity index is 694. The molecule has 6 nitrogen and oxygen atoms in total. The summed E-state index contributed by atoms with van der Waals surface area (Å²) in [6.45, 7) is 9.02. The molecule has 0 spiro atoms. The fourth-order valence-corrected chi connectivity index (χ4v) is 3.45. The first-order chi connectivity index (χ1) is 13.3. The Morgan fingerprint density at radius 2 is 2.00 bits per heavy atom. The second-order valence-electron chi connectivity index (χ2n) is 6.96. The van der Waals surface area contributed by atoms with E-state index in [1.165, 1.54) is 24.1 Å². The minimum atomic E-state index is 0.804. The van der Waals surface area contributed by atoms with Crippen LogP contribution in [0.4, 0.5) is 0 Å². The molecule has 2 aromatic rings. The zero-order valence-electron chi connectivity index (χ0n) is 16.4. The van der Waals surface area contributed by atoms with E-state index < -0.39 is 0 Å². The molecule has 0 radical (unpaired) electrons. The smallest absolute Gasteiger partial charge is 0.191 e. The molecule has 0 saturated carbocycles. The van der Waals surface area contributed by atoms with Crippen LogP contribution in [0.2, 0.25) is 0 Å².